The van der Waals surface area contributed by atoms with Gasteiger partial charge in [-0.25, -0.2) is 4.98 Å². The zero-order chi connectivity index (χ0) is 11.9. The van der Waals surface area contributed by atoms with Crippen molar-refractivity contribution in [2.45, 2.75) is 0 Å². The second-order valence-electron chi connectivity index (χ2n) is 4.14. The molecule has 0 amide bonds. The number of rotatable bonds is 1. The highest BCUT2D eigenvalue weighted by Gasteiger charge is 2.10. The summed E-state index contributed by atoms with van der Waals surface area (Å²) < 4.78 is 5.34. The van der Waals surface area contributed by atoms with Crippen LogP contribution in [0.15, 0.2) is 53.4 Å². The average Bonchev–Trinajstić information content (AvgIpc) is 3.06. The molecule has 4 aromatic rings. The van der Waals surface area contributed by atoms with Crippen molar-refractivity contribution in [3.05, 3.63) is 49.0 Å². The van der Waals surface area contributed by atoms with Crippen molar-refractivity contribution >= 4 is 22.0 Å². The Morgan fingerprint density at radius 2 is 1.89 bits per heavy atom. The van der Waals surface area contributed by atoms with E-state index in [4.69, 9.17) is 4.42 Å². The molecule has 4 rings (SSSR count). The quantitative estimate of drug-likeness (QED) is 0.550. The van der Waals surface area contributed by atoms with Gasteiger partial charge in [-0.05, 0) is 17.7 Å². The molecule has 4 nitrogen and oxygen atoms in total. The summed E-state index contributed by atoms with van der Waals surface area (Å²) in [5, 5.41) is 8.15. The summed E-state index contributed by atoms with van der Waals surface area (Å²) in [5.74, 6) is 0. The Balaban J connectivity index is 2.13. The van der Waals surface area contributed by atoms with E-state index in [1.807, 2.05) is 36.5 Å². The topological polar surface area (TPSA) is 54.7 Å². The Bertz CT molecular complexity index is 772. The van der Waals surface area contributed by atoms with Crippen LogP contribution in [-0.2, 0) is 0 Å². The van der Waals surface area contributed by atoms with Crippen LogP contribution in [-0.4, -0.2) is 15.2 Å². The minimum Gasteiger partial charge on any atom is -0.443 e. The number of nitrogens with zero attached hydrogens (tertiary/aromatic N) is 2. The zero-order valence-corrected chi connectivity index (χ0v) is 9.42. The fourth-order valence-electron chi connectivity index (χ4n) is 2.31. The Labute approximate surface area is 102 Å². The molecule has 0 saturated heterocycles. The molecule has 0 saturated carbocycles. The van der Waals surface area contributed by atoms with E-state index in [0.29, 0.717) is 0 Å². The molecule has 86 valence electrons. The Hall–Kier alpha value is -2.62. The Morgan fingerprint density at radius 1 is 1.00 bits per heavy atom. The van der Waals surface area contributed by atoms with E-state index in [0.717, 1.165) is 33.1 Å². The van der Waals surface area contributed by atoms with Gasteiger partial charge in [-0.15, -0.1) is 0 Å². The molecule has 2 aromatic carbocycles. The molecule has 0 fully saturated rings. The van der Waals surface area contributed by atoms with Gasteiger partial charge in [0, 0.05) is 10.9 Å². The number of H-pyrrole nitrogens is 1. The molecule has 1 N–H and O–H groups in total. The molecule has 0 bridgehead atoms. The van der Waals surface area contributed by atoms with Crippen LogP contribution in [0.1, 0.15) is 0 Å². The van der Waals surface area contributed by atoms with E-state index < -0.39 is 0 Å². The summed E-state index contributed by atoms with van der Waals surface area (Å²) in [7, 11) is 0. The number of hydrogen-bond acceptors (Lipinski definition) is 3. The molecule has 0 aliphatic carbocycles. The van der Waals surface area contributed by atoms with Gasteiger partial charge in [-0.2, -0.15) is 5.10 Å². The van der Waals surface area contributed by atoms with Gasteiger partial charge in [-0.3, -0.25) is 5.10 Å². The first kappa shape index (κ1) is 9.41. The van der Waals surface area contributed by atoms with Gasteiger partial charge in [0.1, 0.15) is 5.52 Å². The molecule has 0 atom stereocenters. The lowest BCUT2D eigenvalue weighted by atomic mass is 10.0. The van der Waals surface area contributed by atoms with Crippen LogP contribution in [0.25, 0.3) is 33.1 Å². The van der Waals surface area contributed by atoms with Crippen LogP contribution < -0.4 is 0 Å². The highest BCUT2D eigenvalue weighted by molar-refractivity contribution is 6.01. The van der Waals surface area contributed by atoms with Gasteiger partial charge < -0.3 is 4.42 Å². The lowest BCUT2D eigenvalue weighted by molar-refractivity contribution is 0.602. The lowest BCUT2D eigenvalue weighted by Crippen LogP contribution is -1.81. The van der Waals surface area contributed by atoms with Crippen molar-refractivity contribution in [1.82, 2.24) is 15.2 Å². The lowest BCUT2D eigenvalue weighted by Gasteiger charge is -2.03. The maximum atomic E-state index is 5.34. The largest absolute Gasteiger partial charge is 0.443 e. The Kier molecular flexibility index (Phi) is 1.80. The number of aromatic nitrogens is 3. The molecule has 0 aliphatic rings. The van der Waals surface area contributed by atoms with Gasteiger partial charge >= 0.3 is 0 Å². The second kappa shape index (κ2) is 3.43. The number of oxazole rings is 1. The van der Waals surface area contributed by atoms with Crippen molar-refractivity contribution in [1.29, 1.82) is 0 Å². The van der Waals surface area contributed by atoms with Gasteiger partial charge in [0.05, 0.1) is 11.7 Å². The number of benzene rings is 2. The molecule has 0 radical (unpaired) electrons. The van der Waals surface area contributed by atoms with Crippen LogP contribution in [0, 0.1) is 0 Å². The SMILES string of the molecule is c1cc(-c2cccc3ocnc23)c2cn[nH]c2c1. The van der Waals surface area contributed by atoms with Crippen LogP contribution in [0.5, 0.6) is 0 Å². The fourth-order valence-corrected chi connectivity index (χ4v) is 2.31. The van der Waals surface area contributed by atoms with Crippen molar-refractivity contribution in [2.75, 3.05) is 0 Å². The van der Waals surface area contributed by atoms with Gasteiger partial charge in [-0.1, -0.05) is 24.3 Å². The van der Waals surface area contributed by atoms with E-state index in [2.05, 4.69) is 21.2 Å². The number of aromatic amines is 1. The van der Waals surface area contributed by atoms with Crippen LogP contribution in [0.3, 0.4) is 0 Å². The highest BCUT2D eigenvalue weighted by atomic mass is 16.3. The number of hydrogen-bond donors (Lipinski definition) is 1. The molecule has 2 aromatic heterocycles. The summed E-state index contributed by atoms with van der Waals surface area (Å²) in [6.45, 7) is 0. The Morgan fingerprint density at radius 3 is 2.89 bits per heavy atom. The monoisotopic (exact) mass is 235 g/mol. The van der Waals surface area contributed by atoms with E-state index in [-0.39, 0.29) is 0 Å². The smallest absolute Gasteiger partial charge is 0.182 e. The second-order valence-corrected chi connectivity index (χ2v) is 4.14. The third-order valence-electron chi connectivity index (χ3n) is 3.14. The third kappa shape index (κ3) is 1.20. The minimum atomic E-state index is 0.799. The summed E-state index contributed by atoms with van der Waals surface area (Å²) in [6, 6.07) is 12.0. The molecule has 0 unspecified atom stereocenters. The number of para-hydroxylation sites is 1. The normalized spacial score (nSPS) is 11.3. The standard InChI is InChI=1S/C14H9N3O/c1-3-9(11-7-16-17-12(11)5-1)10-4-2-6-13-14(10)15-8-18-13/h1-8H,(H,16,17). The van der Waals surface area contributed by atoms with E-state index in [1.165, 1.54) is 6.39 Å². The molecule has 18 heavy (non-hydrogen) atoms. The summed E-state index contributed by atoms with van der Waals surface area (Å²) in [4.78, 5) is 4.29. The van der Waals surface area contributed by atoms with Crippen LogP contribution in [0.2, 0.25) is 0 Å². The number of fused-ring (bicyclic) bond motifs is 2. The molecule has 0 spiro atoms. The predicted octanol–water partition coefficient (Wildman–Crippen LogP) is 3.37. The van der Waals surface area contributed by atoms with Crippen molar-refractivity contribution in [3.63, 3.8) is 0 Å². The fraction of sp³-hybridized carbons (Fsp3) is 0. The van der Waals surface area contributed by atoms with Crippen molar-refractivity contribution in [3.8, 4) is 11.1 Å². The molecular weight excluding hydrogens is 226 g/mol. The molecule has 4 heteroatoms. The predicted molar refractivity (Wildman–Crippen MR) is 69.1 cm³/mol. The van der Waals surface area contributed by atoms with Gasteiger partial charge in [0.2, 0.25) is 0 Å². The summed E-state index contributed by atoms with van der Waals surface area (Å²) in [6.07, 6.45) is 3.31. The summed E-state index contributed by atoms with van der Waals surface area (Å²) in [5.41, 5.74) is 4.88. The molecule has 2 heterocycles. The molecule has 0 aliphatic heterocycles. The average molecular weight is 235 g/mol. The maximum Gasteiger partial charge on any atom is 0.182 e. The van der Waals surface area contributed by atoms with Crippen LogP contribution in [0.4, 0.5) is 0 Å². The van der Waals surface area contributed by atoms with E-state index >= 15 is 0 Å². The maximum absolute atomic E-state index is 5.34. The van der Waals surface area contributed by atoms with Crippen LogP contribution >= 0.6 is 0 Å². The van der Waals surface area contributed by atoms with Crippen molar-refractivity contribution in [2.24, 2.45) is 0 Å². The zero-order valence-electron chi connectivity index (χ0n) is 9.42. The number of nitrogens with one attached hydrogen (secondary N) is 1. The first-order valence-corrected chi connectivity index (χ1v) is 5.68. The van der Waals surface area contributed by atoms with E-state index in [9.17, 15) is 0 Å². The van der Waals surface area contributed by atoms with Crippen molar-refractivity contribution < 1.29 is 4.42 Å². The summed E-state index contributed by atoms with van der Waals surface area (Å²) >= 11 is 0. The van der Waals surface area contributed by atoms with E-state index in [1.54, 1.807) is 0 Å². The minimum absolute atomic E-state index is 0.799. The molecular formula is C14H9N3O. The first-order valence-electron chi connectivity index (χ1n) is 5.68. The van der Waals surface area contributed by atoms with Gasteiger partial charge in [0.25, 0.3) is 0 Å². The highest BCUT2D eigenvalue weighted by Crippen LogP contribution is 2.32. The first-order chi connectivity index (χ1) is 8.93. The third-order valence-corrected chi connectivity index (χ3v) is 3.14. The van der Waals surface area contributed by atoms with Gasteiger partial charge in [0.15, 0.2) is 12.0 Å².